The van der Waals surface area contributed by atoms with Gasteiger partial charge in [-0.3, -0.25) is 0 Å². The molecule has 0 aromatic rings. The Morgan fingerprint density at radius 3 is 2.82 bits per heavy atom. The smallest absolute Gasteiger partial charge is 0.0824 e. The third-order valence-electron chi connectivity index (χ3n) is 3.52. The molecule has 102 valence electrons. The highest BCUT2D eigenvalue weighted by atomic mass is 16.5. The van der Waals surface area contributed by atoms with Crippen molar-refractivity contribution in [3.8, 4) is 0 Å². The van der Waals surface area contributed by atoms with Crippen LogP contribution >= 0.6 is 0 Å². The van der Waals surface area contributed by atoms with Crippen molar-refractivity contribution in [3.05, 3.63) is 0 Å². The molecule has 0 amide bonds. The Morgan fingerprint density at radius 1 is 1.35 bits per heavy atom. The van der Waals surface area contributed by atoms with Crippen LogP contribution in [0.2, 0.25) is 0 Å². The summed E-state index contributed by atoms with van der Waals surface area (Å²) in [6.07, 6.45) is 7.11. The molecular formula is C14H28O3. The number of aliphatic hydroxyl groups is 1. The lowest BCUT2D eigenvalue weighted by molar-refractivity contribution is -0.0294. The van der Waals surface area contributed by atoms with Crippen molar-refractivity contribution >= 4 is 0 Å². The summed E-state index contributed by atoms with van der Waals surface area (Å²) in [6.45, 7) is 6.26. The summed E-state index contributed by atoms with van der Waals surface area (Å²) >= 11 is 0. The van der Waals surface area contributed by atoms with Crippen molar-refractivity contribution < 1.29 is 14.6 Å². The van der Waals surface area contributed by atoms with Crippen molar-refractivity contribution in [1.29, 1.82) is 0 Å². The molecule has 1 fully saturated rings. The summed E-state index contributed by atoms with van der Waals surface area (Å²) in [6, 6.07) is 0. The fourth-order valence-electron chi connectivity index (χ4n) is 2.20. The number of hydrogen-bond acceptors (Lipinski definition) is 3. The van der Waals surface area contributed by atoms with Gasteiger partial charge in [-0.25, -0.2) is 0 Å². The lowest BCUT2D eigenvalue weighted by Crippen LogP contribution is -2.28. The zero-order valence-electron chi connectivity index (χ0n) is 11.4. The molecule has 1 aliphatic heterocycles. The molecule has 1 heterocycles. The van der Waals surface area contributed by atoms with Crippen molar-refractivity contribution in [2.24, 2.45) is 5.92 Å². The molecule has 3 nitrogen and oxygen atoms in total. The molecule has 1 aliphatic rings. The zero-order chi connectivity index (χ0) is 12.5. The van der Waals surface area contributed by atoms with Gasteiger partial charge in [-0.15, -0.1) is 0 Å². The number of rotatable bonds is 9. The van der Waals surface area contributed by atoms with Crippen LogP contribution in [-0.2, 0) is 9.47 Å². The second kappa shape index (κ2) is 8.90. The van der Waals surface area contributed by atoms with Crippen LogP contribution in [0.15, 0.2) is 0 Å². The molecular weight excluding hydrogens is 216 g/mol. The SMILES string of the molecule is CCCCCCC(C)OCC(O)C1CCOC1. The Hall–Kier alpha value is -0.120. The van der Waals surface area contributed by atoms with Gasteiger partial charge in [0.15, 0.2) is 0 Å². The van der Waals surface area contributed by atoms with Crippen LogP contribution < -0.4 is 0 Å². The molecule has 17 heavy (non-hydrogen) atoms. The fourth-order valence-corrected chi connectivity index (χ4v) is 2.20. The maximum absolute atomic E-state index is 9.90. The Balaban J connectivity index is 2.00. The fraction of sp³-hybridized carbons (Fsp3) is 1.00. The van der Waals surface area contributed by atoms with Gasteiger partial charge in [0, 0.05) is 12.5 Å². The molecule has 3 heteroatoms. The predicted molar refractivity (Wildman–Crippen MR) is 69.1 cm³/mol. The molecule has 0 spiro atoms. The van der Waals surface area contributed by atoms with E-state index in [1.807, 2.05) is 0 Å². The topological polar surface area (TPSA) is 38.7 Å². The summed E-state index contributed by atoms with van der Waals surface area (Å²) in [5.74, 6) is 0.280. The first-order valence-electron chi connectivity index (χ1n) is 7.11. The maximum Gasteiger partial charge on any atom is 0.0824 e. The lowest BCUT2D eigenvalue weighted by Gasteiger charge is -2.19. The van der Waals surface area contributed by atoms with Crippen LogP contribution in [0.25, 0.3) is 0 Å². The van der Waals surface area contributed by atoms with E-state index >= 15 is 0 Å². The average molecular weight is 244 g/mol. The minimum atomic E-state index is -0.351. The highest BCUT2D eigenvalue weighted by molar-refractivity contribution is 4.72. The number of hydrogen-bond donors (Lipinski definition) is 1. The Bertz CT molecular complexity index is 178. The van der Waals surface area contributed by atoms with Gasteiger partial charge in [-0.2, -0.15) is 0 Å². The zero-order valence-corrected chi connectivity index (χ0v) is 11.4. The van der Waals surface area contributed by atoms with Gasteiger partial charge in [-0.1, -0.05) is 32.6 Å². The second-order valence-corrected chi connectivity index (χ2v) is 5.18. The lowest BCUT2D eigenvalue weighted by atomic mass is 10.0. The first-order chi connectivity index (χ1) is 8.24. The van der Waals surface area contributed by atoms with E-state index in [0.717, 1.165) is 19.4 Å². The van der Waals surface area contributed by atoms with Gasteiger partial charge in [0.25, 0.3) is 0 Å². The van der Waals surface area contributed by atoms with Crippen molar-refractivity contribution in [2.75, 3.05) is 19.8 Å². The summed E-state index contributed by atoms with van der Waals surface area (Å²) in [5.41, 5.74) is 0. The van der Waals surface area contributed by atoms with E-state index < -0.39 is 0 Å². The molecule has 1 N–H and O–H groups in total. The molecule has 0 aromatic carbocycles. The van der Waals surface area contributed by atoms with Crippen LogP contribution in [0.1, 0.15) is 52.4 Å². The highest BCUT2D eigenvalue weighted by Gasteiger charge is 2.24. The van der Waals surface area contributed by atoms with Gasteiger partial charge in [-0.05, 0) is 19.8 Å². The Kier molecular flexibility index (Phi) is 7.82. The molecule has 0 bridgehead atoms. The first-order valence-corrected chi connectivity index (χ1v) is 7.11. The van der Waals surface area contributed by atoms with Crippen molar-refractivity contribution in [3.63, 3.8) is 0 Å². The largest absolute Gasteiger partial charge is 0.390 e. The molecule has 0 saturated carbocycles. The summed E-state index contributed by atoms with van der Waals surface area (Å²) < 4.78 is 11.0. The van der Waals surface area contributed by atoms with Crippen molar-refractivity contribution in [2.45, 2.75) is 64.6 Å². The highest BCUT2D eigenvalue weighted by Crippen LogP contribution is 2.17. The van der Waals surface area contributed by atoms with Gasteiger partial charge >= 0.3 is 0 Å². The predicted octanol–water partition coefficient (Wildman–Crippen LogP) is 2.76. The number of ether oxygens (including phenoxy) is 2. The summed E-state index contributed by atoms with van der Waals surface area (Å²) in [7, 11) is 0. The van der Waals surface area contributed by atoms with Gasteiger partial charge in [0.2, 0.25) is 0 Å². The summed E-state index contributed by atoms with van der Waals surface area (Å²) in [5, 5.41) is 9.90. The van der Waals surface area contributed by atoms with Crippen molar-refractivity contribution in [1.82, 2.24) is 0 Å². The molecule has 0 aromatic heterocycles. The van der Waals surface area contributed by atoms with Gasteiger partial charge in [0.1, 0.15) is 0 Å². The monoisotopic (exact) mass is 244 g/mol. The van der Waals surface area contributed by atoms with E-state index in [1.165, 1.54) is 25.7 Å². The van der Waals surface area contributed by atoms with Crippen LogP contribution in [0.5, 0.6) is 0 Å². The third-order valence-corrected chi connectivity index (χ3v) is 3.52. The number of aliphatic hydroxyl groups excluding tert-OH is 1. The van der Waals surface area contributed by atoms with E-state index in [4.69, 9.17) is 9.47 Å². The van der Waals surface area contributed by atoms with Crippen LogP contribution in [0, 0.1) is 5.92 Å². The van der Waals surface area contributed by atoms with E-state index in [0.29, 0.717) is 13.2 Å². The third kappa shape index (κ3) is 6.39. The van der Waals surface area contributed by atoms with Gasteiger partial charge < -0.3 is 14.6 Å². The van der Waals surface area contributed by atoms with E-state index in [-0.39, 0.29) is 18.1 Å². The minimum absolute atomic E-state index is 0.267. The number of unbranched alkanes of at least 4 members (excludes halogenated alkanes) is 3. The average Bonchev–Trinajstić information content (AvgIpc) is 2.85. The molecule has 0 aliphatic carbocycles. The van der Waals surface area contributed by atoms with E-state index in [2.05, 4.69) is 13.8 Å². The summed E-state index contributed by atoms with van der Waals surface area (Å²) in [4.78, 5) is 0. The minimum Gasteiger partial charge on any atom is -0.390 e. The quantitative estimate of drug-likeness (QED) is 0.634. The Morgan fingerprint density at radius 2 is 2.18 bits per heavy atom. The second-order valence-electron chi connectivity index (χ2n) is 5.18. The first kappa shape index (κ1) is 14.9. The molecule has 3 unspecified atom stereocenters. The molecule has 3 atom stereocenters. The standard InChI is InChI=1S/C14H28O3/c1-3-4-5-6-7-12(2)17-11-14(15)13-8-9-16-10-13/h12-15H,3-11H2,1-2H3. The Labute approximate surface area is 105 Å². The van der Waals surface area contributed by atoms with Crippen LogP contribution in [0.4, 0.5) is 0 Å². The van der Waals surface area contributed by atoms with Crippen LogP contribution in [-0.4, -0.2) is 37.1 Å². The normalized spacial score (nSPS) is 23.8. The van der Waals surface area contributed by atoms with E-state index in [9.17, 15) is 5.11 Å². The molecule has 1 saturated heterocycles. The van der Waals surface area contributed by atoms with E-state index in [1.54, 1.807) is 0 Å². The molecule has 0 radical (unpaired) electrons. The van der Waals surface area contributed by atoms with Gasteiger partial charge in [0.05, 0.1) is 25.4 Å². The maximum atomic E-state index is 9.90. The molecule has 1 rings (SSSR count). The van der Waals surface area contributed by atoms with Crippen LogP contribution in [0.3, 0.4) is 0 Å².